The van der Waals surface area contributed by atoms with Gasteiger partial charge in [0.1, 0.15) is 0 Å². The second-order valence-corrected chi connectivity index (χ2v) is 5.97. The maximum atomic E-state index is 11.4. The standard InChI is InChI=1S/C11H10O4.C5H10O2.C4H10O2/c12-10-8-2-3-9(5-4-8)11(13)15-7-1-6-14-10;1-2-3-4-5(6)7;1-2-3-4(5)6/h2-5H,1,6-7H2;2-4H2,1H3,(H,6,7);4-6H,2-3H2,1H3. The zero-order valence-corrected chi connectivity index (χ0v) is 16.4. The lowest BCUT2D eigenvalue weighted by molar-refractivity contribution is -0.137. The third kappa shape index (κ3) is 12.8. The molecule has 0 atom stereocenters. The summed E-state index contributed by atoms with van der Waals surface area (Å²) in [6.07, 6.45) is 2.82. The molecule has 0 amide bonds. The molecule has 2 aliphatic heterocycles. The van der Waals surface area contributed by atoms with Crippen molar-refractivity contribution >= 4 is 17.9 Å². The van der Waals surface area contributed by atoms with E-state index in [0.29, 0.717) is 30.4 Å². The molecule has 158 valence electrons. The largest absolute Gasteiger partial charge is 0.481 e. The van der Waals surface area contributed by atoms with Crippen molar-refractivity contribution in [3.63, 3.8) is 0 Å². The fourth-order valence-corrected chi connectivity index (χ4v) is 1.88. The maximum absolute atomic E-state index is 11.4. The second kappa shape index (κ2) is 15.6. The van der Waals surface area contributed by atoms with Gasteiger partial charge in [-0.05, 0) is 37.1 Å². The number of aliphatic hydroxyl groups excluding tert-OH is 1. The van der Waals surface area contributed by atoms with Gasteiger partial charge < -0.3 is 24.8 Å². The molecule has 0 saturated heterocycles. The molecule has 1 aromatic rings. The molecule has 28 heavy (non-hydrogen) atoms. The maximum Gasteiger partial charge on any atom is 0.338 e. The highest BCUT2D eigenvalue weighted by Gasteiger charge is 2.12. The van der Waals surface area contributed by atoms with Crippen LogP contribution >= 0.6 is 0 Å². The summed E-state index contributed by atoms with van der Waals surface area (Å²) >= 11 is 0. The third-order valence-electron chi connectivity index (χ3n) is 3.40. The first-order chi connectivity index (χ1) is 13.3. The summed E-state index contributed by atoms with van der Waals surface area (Å²) in [5.41, 5.74) is 0.905. The summed E-state index contributed by atoms with van der Waals surface area (Å²) in [6, 6.07) is 6.24. The SMILES string of the molecule is CCCC(O)O.CCCCC(=O)O.O=C1OCCCOC(=O)c2ccc1cc2. The zero-order chi connectivity index (χ0) is 21.4. The lowest BCUT2D eigenvalue weighted by Gasteiger charge is -2.02. The van der Waals surface area contributed by atoms with Crippen molar-refractivity contribution in [1.82, 2.24) is 0 Å². The number of fused-ring (bicyclic) bond motifs is 8. The van der Waals surface area contributed by atoms with E-state index in [2.05, 4.69) is 0 Å². The van der Waals surface area contributed by atoms with E-state index in [4.69, 9.17) is 24.8 Å². The molecule has 2 bridgehead atoms. The molecule has 0 unspecified atom stereocenters. The van der Waals surface area contributed by atoms with E-state index in [1.165, 1.54) is 0 Å². The van der Waals surface area contributed by atoms with Crippen LogP contribution in [0.25, 0.3) is 0 Å². The first-order valence-electron chi connectivity index (χ1n) is 9.34. The summed E-state index contributed by atoms with van der Waals surface area (Å²) in [6.45, 7) is 4.42. The third-order valence-corrected chi connectivity index (χ3v) is 3.40. The van der Waals surface area contributed by atoms with Gasteiger partial charge in [-0.2, -0.15) is 0 Å². The van der Waals surface area contributed by atoms with Crippen LogP contribution in [-0.2, 0) is 14.3 Å². The molecule has 0 radical (unpaired) electrons. The second-order valence-electron chi connectivity index (χ2n) is 5.97. The average Bonchev–Trinajstić information content (AvgIpc) is 2.70. The molecule has 0 fully saturated rings. The highest BCUT2D eigenvalue weighted by molar-refractivity contribution is 5.93. The minimum absolute atomic E-state index is 0.270. The number of hydrogen-bond donors (Lipinski definition) is 3. The van der Waals surface area contributed by atoms with Crippen LogP contribution in [0.4, 0.5) is 0 Å². The number of hydrogen-bond acceptors (Lipinski definition) is 7. The van der Waals surface area contributed by atoms with Gasteiger partial charge in [0.05, 0.1) is 24.3 Å². The highest BCUT2D eigenvalue weighted by Crippen LogP contribution is 2.09. The molecule has 2 heterocycles. The van der Waals surface area contributed by atoms with Gasteiger partial charge in [-0.15, -0.1) is 0 Å². The topological polar surface area (TPSA) is 130 Å². The van der Waals surface area contributed by atoms with Crippen molar-refractivity contribution in [2.45, 2.75) is 58.7 Å². The van der Waals surface area contributed by atoms with E-state index < -0.39 is 12.3 Å². The summed E-state index contributed by atoms with van der Waals surface area (Å²) in [4.78, 5) is 32.5. The van der Waals surface area contributed by atoms with E-state index in [1.54, 1.807) is 24.3 Å². The Labute approximate surface area is 165 Å². The average molecular weight is 398 g/mol. The van der Waals surface area contributed by atoms with Gasteiger partial charge in [-0.1, -0.05) is 26.7 Å². The molecule has 0 spiro atoms. The number of carbonyl (C=O) groups is 3. The summed E-state index contributed by atoms with van der Waals surface area (Å²) in [7, 11) is 0. The normalized spacial score (nSPS) is 13.2. The molecular formula is C20H30O8. The Kier molecular flexibility index (Phi) is 14.2. The summed E-state index contributed by atoms with van der Waals surface area (Å²) in [5, 5.41) is 24.3. The van der Waals surface area contributed by atoms with Crippen LogP contribution in [0.5, 0.6) is 0 Å². The predicted octanol–water partition coefficient (Wildman–Crippen LogP) is 2.76. The zero-order valence-electron chi connectivity index (χ0n) is 16.4. The number of carbonyl (C=O) groups excluding carboxylic acids is 2. The van der Waals surface area contributed by atoms with Crippen molar-refractivity contribution < 1.29 is 39.2 Å². The van der Waals surface area contributed by atoms with Gasteiger partial charge in [-0.25, -0.2) is 9.59 Å². The summed E-state index contributed by atoms with van der Waals surface area (Å²) < 4.78 is 9.92. The van der Waals surface area contributed by atoms with E-state index in [1.807, 2.05) is 13.8 Å². The first-order valence-corrected chi connectivity index (χ1v) is 9.34. The van der Waals surface area contributed by atoms with E-state index in [0.717, 1.165) is 19.3 Å². The molecule has 0 saturated carbocycles. The predicted molar refractivity (Wildman–Crippen MR) is 102 cm³/mol. The van der Waals surface area contributed by atoms with Crippen LogP contribution in [0.3, 0.4) is 0 Å². The number of aliphatic hydroxyl groups is 2. The first kappa shape index (κ1) is 25.6. The Balaban J connectivity index is 0.000000471. The number of carboxylic acids is 1. The number of aliphatic carboxylic acids is 1. The molecule has 0 aromatic heterocycles. The van der Waals surface area contributed by atoms with Crippen LogP contribution < -0.4 is 0 Å². The van der Waals surface area contributed by atoms with Crippen LogP contribution in [0.1, 0.15) is 73.1 Å². The molecule has 1 aromatic carbocycles. The quantitative estimate of drug-likeness (QED) is 0.510. The smallest absolute Gasteiger partial charge is 0.338 e. The Hall–Kier alpha value is -2.45. The van der Waals surface area contributed by atoms with E-state index in [9.17, 15) is 14.4 Å². The molecule has 8 heteroatoms. The monoisotopic (exact) mass is 398 g/mol. The molecular weight excluding hydrogens is 368 g/mol. The van der Waals surface area contributed by atoms with Gasteiger partial charge in [0.25, 0.3) is 0 Å². The van der Waals surface area contributed by atoms with Crippen molar-refractivity contribution in [2.75, 3.05) is 13.2 Å². The number of carboxylic acid groups (broad SMARTS) is 1. The molecule has 3 N–H and O–H groups in total. The number of esters is 2. The van der Waals surface area contributed by atoms with Crippen LogP contribution in [0.2, 0.25) is 0 Å². The number of ether oxygens (including phenoxy) is 2. The Morgan fingerprint density at radius 3 is 1.68 bits per heavy atom. The minimum atomic E-state index is -1.10. The molecule has 8 nitrogen and oxygen atoms in total. The summed E-state index contributed by atoms with van der Waals surface area (Å²) in [5.74, 6) is -1.42. The van der Waals surface area contributed by atoms with Gasteiger partial charge in [-0.3, -0.25) is 4.79 Å². The van der Waals surface area contributed by atoms with Gasteiger partial charge >= 0.3 is 17.9 Å². The van der Waals surface area contributed by atoms with E-state index in [-0.39, 0.29) is 25.2 Å². The van der Waals surface area contributed by atoms with Crippen LogP contribution in [0.15, 0.2) is 24.3 Å². The molecule has 0 aliphatic carbocycles. The lowest BCUT2D eigenvalue weighted by atomic mass is 10.1. The number of unbranched alkanes of at least 4 members (excludes halogenated alkanes) is 1. The Bertz CT molecular complexity index is 543. The molecule has 2 aliphatic rings. The van der Waals surface area contributed by atoms with E-state index >= 15 is 0 Å². The lowest BCUT2D eigenvalue weighted by Crippen LogP contribution is -2.08. The van der Waals surface area contributed by atoms with Gasteiger partial charge in [0, 0.05) is 12.8 Å². The number of rotatable bonds is 5. The van der Waals surface area contributed by atoms with Crippen LogP contribution in [-0.4, -0.2) is 52.7 Å². The van der Waals surface area contributed by atoms with Gasteiger partial charge in [0.2, 0.25) is 0 Å². The van der Waals surface area contributed by atoms with Gasteiger partial charge in [0.15, 0.2) is 6.29 Å². The minimum Gasteiger partial charge on any atom is -0.481 e. The Morgan fingerprint density at radius 1 is 0.964 bits per heavy atom. The van der Waals surface area contributed by atoms with Crippen LogP contribution in [0, 0.1) is 0 Å². The Morgan fingerprint density at radius 2 is 1.43 bits per heavy atom. The number of benzene rings is 1. The fraction of sp³-hybridized carbons (Fsp3) is 0.550. The van der Waals surface area contributed by atoms with Crippen molar-refractivity contribution in [3.8, 4) is 0 Å². The highest BCUT2D eigenvalue weighted by atomic mass is 16.5. The fourth-order valence-electron chi connectivity index (χ4n) is 1.88. The molecule has 3 rings (SSSR count). The van der Waals surface area contributed by atoms with Crippen molar-refractivity contribution in [3.05, 3.63) is 35.4 Å². The van der Waals surface area contributed by atoms with Crippen molar-refractivity contribution in [2.24, 2.45) is 0 Å². The van der Waals surface area contributed by atoms with Crippen molar-refractivity contribution in [1.29, 1.82) is 0 Å².